The third kappa shape index (κ3) is 3.08. The van der Waals surface area contributed by atoms with Gasteiger partial charge in [-0.1, -0.05) is 18.6 Å². The van der Waals surface area contributed by atoms with Gasteiger partial charge < -0.3 is 0 Å². The molecule has 1 aliphatic rings. The molecule has 1 aromatic rings. The maximum atomic E-state index is 14.0. The summed E-state index contributed by atoms with van der Waals surface area (Å²) in [5.74, 6) is -1.14. The molecule has 1 aliphatic carbocycles. The molecular weight excluding hydrogens is 279 g/mol. The predicted octanol–water partition coefficient (Wildman–Crippen LogP) is 2.92. The summed E-state index contributed by atoms with van der Waals surface area (Å²) in [4.78, 5) is 12.4. The highest BCUT2D eigenvalue weighted by Crippen LogP contribution is 2.31. The molecule has 1 fully saturated rings. The van der Waals surface area contributed by atoms with Crippen molar-refractivity contribution in [1.82, 2.24) is 0 Å². The molecule has 2 rings (SSSR count). The maximum Gasteiger partial charge on any atom is 0.168 e. The normalized spacial score (nSPS) is 23.6. The van der Waals surface area contributed by atoms with Crippen molar-refractivity contribution < 1.29 is 17.6 Å². The predicted molar refractivity (Wildman–Crippen MR) is 76.1 cm³/mol. The van der Waals surface area contributed by atoms with Crippen LogP contribution in [0.5, 0.6) is 0 Å². The first-order valence-corrected chi connectivity index (χ1v) is 8.74. The molecule has 0 radical (unpaired) electrons. The van der Waals surface area contributed by atoms with Crippen LogP contribution in [-0.4, -0.2) is 25.7 Å². The topological polar surface area (TPSA) is 51.2 Å². The lowest BCUT2D eigenvalue weighted by Gasteiger charge is -2.27. The van der Waals surface area contributed by atoms with Crippen LogP contribution in [0.15, 0.2) is 18.2 Å². The number of aryl methyl sites for hydroxylation is 1. The first kappa shape index (κ1) is 15.2. The van der Waals surface area contributed by atoms with Crippen LogP contribution in [0.1, 0.15) is 41.6 Å². The highest BCUT2D eigenvalue weighted by molar-refractivity contribution is 7.91. The van der Waals surface area contributed by atoms with Gasteiger partial charge in [0.05, 0.1) is 10.8 Å². The Kier molecular flexibility index (Phi) is 4.28. The molecule has 2 atom stereocenters. The fraction of sp³-hybridized carbons (Fsp3) is 0.533. The van der Waals surface area contributed by atoms with E-state index in [0.29, 0.717) is 31.2 Å². The minimum Gasteiger partial charge on any atom is -0.294 e. The van der Waals surface area contributed by atoms with E-state index in [1.807, 2.05) is 0 Å². The molecule has 0 heterocycles. The molecule has 0 saturated heterocycles. The Balaban J connectivity index is 2.23. The zero-order valence-electron chi connectivity index (χ0n) is 11.7. The molecule has 0 aliphatic heterocycles. The summed E-state index contributed by atoms with van der Waals surface area (Å²) in [7, 11) is -3.14. The summed E-state index contributed by atoms with van der Waals surface area (Å²) < 4.78 is 37.3. The fourth-order valence-electron chi connectivity index (χ4n) is 2.83. The first-order chi connectivity index (χ1) is 9.30. The van der Waals surface area contributed by atoms with Crippen LogP contribution in [0.3, 0.4) is 0 Å². The molecule has 1 aromatic carbocycles. The highest BCUT2D eigenvalue weighted by atomic mass is 32.2. The van der Waals surface area contributed by atoms with E-state index in [2.05, 4.69) is 0 Å². The second-order valence-electron chi connectivity index (χ2n) is 5.62. The van der Waals surface area contributed by atoms with Gasteiger partial charge >= 0.3 is 0 Å². The molecule has 0 amide bonds. The molecular formula is C15H19FO3S. The molecule has 0 spiro atoms. The molecule has 0 bridgehead atoms. The van der Waals surface area contributed by atoms with Gasteiger partial charge in [-0.15, -0.1) is 0 Å². The summed E-state index contributed by atoms with van der Waals surface area (Å²) in [5, 5.41) is -0.474. The van der Waals surface area contributed by atoms with Gasteiger partial charge in [0.15, 0.2) is 5.78 Å². The SMILES string of the molecule is Cc1cccc(C(=O)C2CCCC(S(C)(=O)=O)C2)c1F. The molecule has 0 aromatic heterocycles. The van der Waals surface area contributed by atoms with Crippen LogP contribution in [0.25, 0.3) is 0 Å². The Labute approximate surface area is 119 Å². The number of ketones is 1. The quantitative estimate of drug-likeness (QED) is 0.806. The molecule has 5 heteroatoms. The Morgan fingerprint density at radius 1 is 1.30 bits per heavy atom. The summed E-state index contributed by atoms with van der Waals surface area (Å²) in [6.07, 6.45) is 3.45. The minimum absolute atomic E-state index is 0.0872. The third-order valence-corrected chi connectivity index (χ3v) is 5.70. The number of benzene rings is 1. The number of carbonyl (C=O) groups is 1. The molecule has 2 unspecified atom stereocenters. The number of halogens is 1. The van der Waals surface area contributed by atoms with Crippen LogP contribution in [-0.2, 0) is 9.84 Å². The van der Waals surface area contributed by atoms with E-state index in [1.165, 1.54) is 12.3 Å². The first-order valence-electron chi connectivity index (χ1n) is 6.79. The summed E-state index contributed by atoms with van der Waals surface area (Å²) in [6, 6.07) is 4.75. The van der Waals surface area contributed by atoms with Crippen LogP contribution in [0.4, 0.5) is 4.39 Å². The van der Waals surface area contributed by atoms with Crippen LogP contribution < -0.4 is 0 Å². The second-order valence-corrected chi connectivity index (χ2v) is 7.94. The molecule has 110 valence electrons. The largest absolute Gasteiger partial charge is 0.294 e. The van der Waals surface area contributed by atoms with Crippen molar-refractivity contribution >= 4 is 15.6 Å². The number of carbonyl (C=O) groups excluding carboxylic acids is 1. The number of sulfone groups is 1. The second kappa shape index (κ2) is 5.64. The molecule has 20 heavy (non-hydrogen) atoms. The van der Waals surface area contributed by atoms with Gasteiger partial charge in [0.25, 0.3) is 0 Å². The van der Waals surface area contributed by atoms with E-state index in [4.69, 9.17) is 0 Å². The Morgan fingerprint density at radius 2 is 2.00 bits per heavy atom. The molecule has 3 nitrogen and oxygen atoms in total. The van der Waals surface area contributed by atoms with E-state index in [-0.39, 0.29) is 17.3 Å². The van der Waals surface area contributed by atoms with E-state index in [1.54, 1.807) is 19.1 Å². The van der Waals surface area contributed by atoms with E-state index in [0.717, 1.165) is 0 Å². The van der Waals surface area contributed by atoms with Gasteiger partial charge in [-0.05, 0) is 37.8 Å². The lowest BCUT2D eigenvalue weighted by Crippen LogP contribution is -2.31. The highest BCUT2D eigenvalue weighted by Gasteiger charge is 2.33. The Morgan fingerprint density at radius 3 is 2.65 bits per heavy atom. The average molecular weight is 298 g/mol. The van der Waals surface area contributed by atoms with Crippen molar-refractivity contribution in [3.8, 4) is 0 Å². The van der Waals surface area contributed by atoms with Crippen LogP contribution >= 0.6 is 0 Å². The Bertz CT molecular complexity index is 622. The number of hydrogen-bond acceptors (Lipinski definition) is 3. The van der Waals surface area contributed by atoms with Gasteiger partial charge in [-0.3, -0.25) is 4.79 Å². The summed E-state index contributed by atoms with van der Waals surface area (Å²) in [6.45, 7) is 1.62. The van der Waals surface area contributed by atoms with Crippen LogP contribution in [0.2, 0.25) is 0 Å². The van der Waals surface area contributed by atoms with Crippen molar-refractivity contribution in [2.45, 2.75) is 37.9 Å². The molecule has 0 N–H and O–H groups in total. The number of Topliss-reactive ketones (excluding diaryl/α,β-unsaturated/α-hetero) is 1. The summed E-state index contributed by atoms with van der Waals surface area (Å²) in [5.41, 5.74) is 0.524. The number of hydrogen-bond donors (Lipinski definition) is 0. The van der Waals surface area contributed by atoms with Gasteiger partial charge in [0.1, 0.15) is 15.7 Å². The van der Waals surface area contributed by atoms with Gasteiger partial charge in [-0.2, -0.15) is 0 Å². The van der Waals surface area contributed by atoms with E-state index < -0.39 is 20.9 Å². The zero-order chi connectivity index (χ0) is 14.9. The Hall–Kier alpha value is -1.23. The van der Waals surface area contributed by atoms with Gasteiger partial charge in [0.2, 0.25) is 0 Å². The van der Waals surface area contributed by atoms with Crippen molar-refractivity contribution in [3.05, 3.63) is 35.1 Å². The van der Waals surface area contributed by atoms with Crippen molar-refractivity contribution in [2.75, 3.05) is 6.26 Å². The van der Waals surface area contributed by atoms with Crippen molar-refractivity contribution in [1.29, 1.82) is 0 Å². The lowest BCUT2D eigenvalue weighted by atomic mass is 9.83. The fourth-order valence-corrected chi connectivity index (χ4v) is 4.01. The van der Waals surface area contributed by atoms with E-state index in [9.17, 15) is 17.6 Å². The monoisotopic (exact) mass is 298 g/mol. The smallest absolute Gasteiger partial charge is 0.168 e. The average Bonchev–Trinajstić information content (AvgIpc) is 2.40. The lowest BCUT2D eigenvalue weighted by molar-refractivity contribution is 0.0886. The molecule has 1 saturated carbocycles. The van der Waals surface area contributed by atoms with Crippen molar-refractivity contribution in [2.24, 2.45) is 5.92 Å². The minimum atomic E-state index is -3.14. The summed E-state index contributed by atoms with van der Waals surface area (Å²) >= 11 is 0. The van der Waals surface area contributed by atoms with E-state index >= 15 is 0 Å². The van der Waals surface area contributed by atoms with Crippen molar-refractivity contribution in [3.63, 3.8) is 0 Å². The maximum absolute atomic E-state index is 14.0. The third-order valence-electron chi connectivity index (χ3n) is 4.06. The van der Waals surface area contributed by atoms with Gasteiger partial charge in [0, 0.05) is 12.2 Å². The standard InChI is InChI=1S/C15H19FO3S/c1-10-5-3-8-13(14(10)16)15(17)11-6-4-7-12(9-11)20(2,18)19/h3,5,8,11-12H,4,6-7,9H2,1-2H3. The van der Waals surface area contributed by atoms with Gasteiger partial charge in [-0.25, -0.2) is 12.8 Å². The van der Waals surface area contributed by atoms with Crippen LogP contribution in [0, 0.1) is 18.7 Å². The zero-order valence-corrected chi connectivity index (χ0v) is 12.5. The number of rotatable bonds is 3.